The molecule has 5 nitrogen and oxygen atoms in total. The van der Waals surface area contributed by atoms with E-state index in [1.807, 2.05) is 43.3 Å². The van der Waals surface area contributed by atoms with E-state index in [1.165, 1.54) is 17.4 Å². The van der Waals surface area contributed by atoms with Gasteiger partial charge >= 0.3 is 0 Å². The molecule has 2 aromatic heterocycles. The number of likely N-dealkylation sites (N-methyl/N-ethyl adjacent to an activating group) is 1. The van der Waals surface area contributed by atoms with Gasteiger partial charge in [-0.3, -0.25) is 9.69 Å². The number of para-hydroxylation sites is 2. The van der Waals surface area contributed by atoms with Crippen LogP contribution in [0.4, 0.5) is 9.52 Å². The third kappa shape index (κ3) is 3.43. The summed E-state index contributed by atoms with van der Waals surface area (Å²) >= 11 is 1.29. The van der Waals surface area contributed by atoms with Crippen LogP contribution in [0.15, 0.2) is 52.9 Å². The number of rotatable bonds is 5. The molecule has 27 heavy (non-hydrogen) atoms. The van der Waals surface area contributed by atoms with E-state index in [-0.39, 0.29) is 17.2 Å². The van der Waals surface area contributed by atoms with Gasteiger partial charge in [0.25, 0.3) is 5.91 Å². The summed E-state index contributed by atoms with van der Waals surface area (Å²) in [5, 5.41) is 1.33. The van der Waals surface area contributed by atoms with Crippen LogP contribution in [0.25, 0.3) is 21.2 Å². The van der Waals surface area contributed by atoms with E-state index in [2.05, 4.69) is 4.98 Å². The zero-order chi connectivity index (χ0) is 19.0. The lowest BCUT2D eigenvalue weighted by atomic mass is 10.2. The van der Waals surface area contributed by atoms with E-state index >= 15 is 0 Å². The summed E-state index contributed by atoms with van der Waals surface area (Å²) in [6, 6.07) is 14.0. The van der Waals surface area contributed by atoms with Gasteiger partial charge in [-0.05, 0) is 38.4 Å². The Balaban J connectivity index is 1.74. The second-order valence-electron chi connectivity index (χ2n) is 6.49. The molecule has 0 fully saturated rings. The third-order valence-electron chi connectivity index (χ3n) is 4.24. The maximum absolute atomic E-state index is 14.1. The first-order valence-electron chi connectivity index (χ1n) is 8.53. The minimum atomic E-state index is -0.390. The van der Waals surface area contributed by atoms with Gasteiger partial charge in [-0.15, -0.1) is 0 Å². The van der Waals surface area contributed by atoms with Gasteiger partial charge in [0.1, 0.15) is 16.9 Å². The standard InChI is InChI=1S/C20H18FN3O2S/c1-23(2)10-11-24(20-22-18-14(21)7-5-9-17(18)27-20)19(25)16-12-13-6-3-4-8-15(13)26-16/h3-9,12H,10-11H2,1-2H3. The Morgan fingerprint density at radius 1 is 1.15 bits per heavy atom. The van der Waals surface area contributed by atoms with Crippen molar-refractivity contribution in [1.29, 1.82) is 0 Å². The number of nitrogens with zero attached hydrogens (tertiary/aromatic N) is 3. The van der Waals surface area contributed by atoms with Gasteiger partial charge < -0.3 is 9.32 Å². The zero-order valence-electron chi connectivity index (χ0n) is 15.0. The minimum Gasteiger partial charge on any atom is -0.451 e. The minimum absolute atomic E-state index is 0.245. The van der Waals surface area contributed by atoms with Crippen molar-refractivity contribution in [2.75, 3.05) is 32.1 Å². The highest BCUT2D eigenvalue weighted by molar-refractivity contribution is 7.22. The van der Waals surface area contributed by atoms with Crippen LogP contribution in [0.5, 0.6) is 0 Å². The Hall–Kier alpha value is -2.77. The number of hydrogen-bond donors (Lipinski definition) is 0. The number of hydrogen-bond acceptors (Lipinski definition) is 5. The van der Waals surface area contributed by atoms with E-state index < -0.39 is 5.82 Å². The third-order valence-corrected chi connectivity index (χ3v) is 5.29. The molecule has 0 aliphatic rings. The number of anilines is 1. The fourth-order valence-corrected chi connectivity index (χ4v) is 3.83. The van der Waals surface area contributed by atoms with Crippen LogP contribution >= 0.6 is 11.3 Å². The highest BCUT2D eigenvalue weighted by atomic mass is 32.1. The lowest BCUT2D eigenvalue weighted by molar-refractivity contribution is 0.0960. The van der Waals surface area contributed by atoms with E-state index in [0.29, 0.717) is 28.5 Å². The number of thiazole rings is 1. The van der Waals surface area contributed by atoms with Crippen molar-refractivity contribution in [3.8, 4) is 0 Å². The Labute approximate surface area is 159 Å². The highest BCUT2D eigenvalue weighted by Gasteiger charge is 2.25. The van der Waals surface area contributed by atoms with E-state index in [0.717, 1.165) is 5.39 Å². The Kier molecular flexibility index (Phi) is 4.63. The Morgan fingerprint density at radius 3 is 2.70 bits per heavy atom. The SMILES string of the molecule is CN(C)CCN(C(=O)c1cc2ccccc2o1)c1nc2c(F)cccc2s1. The molecule has 4 rings (SSSR count). The van der Waals surface area contributed by atoms with Crippen molar-refractivity contribution < 1.29 is 13.6 Å². The first-order valence-corrected chi connectivity index (χ1v) is 9.35. The topological polar surface area (TPSA) is 49.6 Å². The fraction of sp³-hybridized carbons (Fsp3) is 0.200. The summed E-state index contributed by atoms with van der Waals surface area (Å²) in [5.41, 5.74) is 0.938. The summed E-state index contributed by atoms with van der Waals surface area (Å²) < 4.78 is 20.5. The van der Waals surface area contributed by atoms with Gasteiger partial charge in [0, 0.05) is 18.5 Å². The first-order chi connectivity index (χ1) is 13.0. The van der Waals surface area contributed by atoms with Crippen molar-refractivity contribution in [2.45, 2.75) is 0 Å². The fourth-order valence-electron chi connectivity index (χ4n) is 2.82. The molecule has 2 heterocycles. The molecular formula is C20H18FN3O2S. The lowest BCUT2D eigenvalue weighted by Gasteiger charge is -2.20. The smallest absolute Gasteiger partial charge is 0.295 e. The molecule has 2 aromatic carbocycles. The molecule has 0 saturated carbocycles. The molecule has 0 bridgehead atoms. The molecular weight excluding hydrogens is 365 g/mol. The maximum Gasteiger partial charge on any atom is 0.295 e. The second-order valence-corrected chi connectivity index (χ2v) is 7.50. The summed E-state index contributed by atoms with van der Waals surface area (Å²) in [4.78, 5) is 21.1. The van der Waals surface area contributed by atoms with E-state index in [1.54, 1.807) is 23.1 Å². The molecule has 0 spiro atoms. The molecule has 1 amide bonds. The number of furan rings is 1. The largest absolute Gasteiger partial charge is 0.451 e. The molecule has 0 radical (unpaired) electrons. The van der Waals surface area contributed by atoms with E-state index in [4.69, 9.17) is 4.42 Å². The number of amides is 1. The molecule has 4 aromatic rings. The number of carbonyl (C=O) groups excluding carboxylic acids is 1. The number of fused-ring (bicyclic) bond motifs is 2. The summed E-state index contributed by atoms with van der Waals surface area (Å²) in [6.45, 7) is 1.06. The molecule has 138 valence electrons. The van der Waals surface area contributed by atoms with Crippen LogP contribution in [0, 0.1) is 5.82 Å². The van der Waals surface area contributed by atoms with Gasteiger partial charge in [0.05, 0.1) is 4.70 Å². The second kappa shape index (κ2) is 7.09. The molecule has 0 unspecified atom stereocenters. The number of halogens is 1. The highest BCUT2D eigenvalue weighted by Crippen LogP contribution is 2.31. The average molecular weight is 383 g/mol. The van der Waals surface area contributed by atoms with Crippen LogP contribution in [0.2, 0.25) is 0 Å². The van der Waals surface area contributed by atoms with Crippen LogP contribution in [-0.4, -0.2) is 43.0 Å². The quantitative estimate of drug-likeness (QED) is 0.513. The predicted octanol–water partition coefficient (Wildman–Crippen LogP) is 4.39. The monoisotopic (exact) mass is 383 g/mol. The number of benzene rings is 2. The Morgan fingerprint density at radius 2 is 1.96 bits per heavy atom. The molecule has 0 atom stereocenters. The molecule has 7 heteroatoms. The van der Waals surface area contributed by atoms with Gasteiger partial charge in [0.2, 0.25) is 0 Å². The summed E-state index contributed by atoms with van der Waals surface area (Å²) in [6.07, 6.45) is 0. The van der Waals surface area contributed by atoms with Crippen LogP contribution in [0.1, 0.15) is 10.6 Å². The van der Waals surface area contributed by atoms with Crippen LogP contribution < -0.4 is 4.90 Å². The number of carbonyl (C=O) groups is 1. The van der Waals surface area contributed by atoms with E-state index in [9.17, 15) is 9.18 Å². The maximum atomic E-state index is 14.1. The lowest BCUT2D eigenvalue weighted by Crippen LogP contribution is -2.36. The molecule has 0 aliphatic carbocycles. The molecule has 0 aliphatic heterocycles. The van der Waals surface area contributed by atoms with Gasteiger partial charge in [-0.25, -0.2) is 9.37 Å². The average Bonchev–Trinajstić information content (AvgIpc) is 3.26. The molecule has 0 saturated heterocycles. The molecule has 0 N–H and O–H groups in total. The normalized spacial score (nSPS) is 11.6. The zero-order valence-corrected chi connectivity index (χ0v) is 15.8. The van der Waals surface area contributed by atoms with Crippen LogP contribution in [-0.2, 0) is 0 Å². The Bertz CT molecular complexity index is 1090. The summed E-state index contributed by atoms with van der Waals surface area (Å²) in [5.74, 6) is -0.430. The van der Waals surface area contributed by atoms with Crippen molar-refractivity contribution in [3.63, 3.8) is 0 Å². The van der Waals surface area contributed by atoms with Crippen LogP contribution in [0.3, 0.4) is 0 Å². The first kappa shape index (κ1) is 17.6. The number of aromatic nitrogens is 1. The van der Waals surface area contributed by atoms with Crippen molar-refractivity contribution in [2.24, 2.45) is 0 Å². The van der Waals surface area contributed by atoms with Crippen molar-refractivity contribution >= 4 is 43.6 Å². The van der Waals surface area contributed by atoms with Gasteiger partial charge in [0.15, 0.2) is 10.9 Å². The van der Waals surface area contributed by atoms with Gasteiger partial charge in [-0.1, -0.05) is 35.6 Å². The van der Waals surface area contributed by atoms with Gasteiger partial charge in [-0.2, -0.15) is 0 Å². The summed E-state index contributed by atoms with van der Waals surface area (Å²) in [7, 11) is 3.86. The predicted molar refractivity (Wildman–Crippen MR) is 106 cm³/mol. The van der Waals surface area contributed by atoms with Crippen molar-refractivity contribution in [3.05, 3.63) is 60.1 Å². The van der Waals surface area contributed by atoms with Crippen molar-refractivity contribution in [1.82, 2.24) is 9.88 Å².